The summed E-state index contributed by atoms with van der Waals surface area (Å²) in [6.45, 7) is 2.25. The molecule has 1 aromatic rings. The summed E-state index contributed by atoms with van der Waals surface area (Å²) in [5.74, 6) is 1.39. The average molecular weight is 485 g/mol. The standard InChI is InChI=1S/C22H29BrO5S/c1-22(21(24)27-4)10-9-16-14(12-22)5-8-18(28-13-25-2)20(16)29-19-11-15(26-3)6-7-17(19)23/h6-7,9-11,14,16,18,20H,5,8,12-13H2,1-4H3/t14-,16-,18-,20-,22-/m0/s1. The molecule has 1 aromatic carbocycles. The molecular weight excluding hydrogens is 456 g/mol. The summed E-state index contributed by atoms with van der Waals surface area (Å²) in [6, 6.07) is 6.01. The molecule has 5 atom stereocenters. The number of carbonyl (C=O) groups excluding carboxylic acids is 1. The topological polar surface area (TPSA) is 54.0 Å². The van der Waals surface area contributed by atoms with Gasteiger partial charge in [0.2, 0.25) is 0 Å². The maximum atomic E-state index is 12.3. The number of thioether (sulfide) groups is 1. The molecule has 0 aliphatic heterocycles. The van der Waals surface area contributed by atoms with E-state index in [1.807, 2.05) is 25.1 Å². The van der Waals surface area contributed by atoms with Crippen molar-refractivity contribution in [1.82, 2.24) is 0 Å². The van der Waals surface area contributed by atoms with E-state index < -0.39 is 5.41 Å². The lowest BCUT2D eigenvalue weighted by Gasteiger charge is -2.46. The first-order valence-corrected chi connectivity index (χ1v) is 11.5. The Hall–Kier alpha value is -1.02. The van der Waals surface area contributed by atoms with Gasteiger partial charge in [-0.15, -0.1) is 11.8 Å². The van der Waals surface area contributed by atoms with Crippen molar-refractivity contribution in [3.8, 4) is 5.75 Å². The van der Waals surface area contributed by atoms with Crippen molar-refractivity contribution < 1.29 is 23.7 Å². The highest BCUT2D eigenvalue weighted by Gasteiger charge is 2.47. The third-order valence-electron chi connectivity index (χ3n) is 5.94. The third-order valence-corrected chi connectivity index (χ3v) is 8.37. The van der Waals surface area contributed by atoms with Crippen LogP contribution in [0, 0.1) is 17.3 Å². The summed E-state index contributed by atoms with van der Waals surface area (Å²) >= 11 is 5.48. The Morgan fingerprint density at radius 1 is 1.28 bits per heavy atom. The molecule has 1 fully saturated rings. The van der Waals surface area contributed by atoms with Gasteiger partial charge in [0, 0.05) is 21.7 Å². The van der Waals surface area contributed by atoms with E-state index in [2.05, 4.69) is 28.1 Å². The van der Waals surface area contributed by atoms with Crippen LogP contribution in [0.15, 0.2) is 39.7 Å². The highest BCUT2D eigenvalue weighted by Crippen LogP contribution is 2.50. The molecule has 5 nitrogen and oxygen atoms in total. The molecule has 0 N–H and O–H groups in total. The molecule has 2 aliphatic carbocycles. The molecule has 7 heteroatoms. The molecule has 160 valence electrons. The number of hydrogen-bond donors (Lipinski definition) is 0. The van der Waals surface area contributed by atoms with Gasteiger partial charge in [-0.3, -0.25) is 4.79 Å². The lowest BCUT2D eigenvalue weighted by atomic mass is 9.65. The number of halogens is 1. The van der Waals surface area contributed by atoms with Crippen LogP contribution in [0.5, 0.6) is 5.75 Å². The molecule has 0 saturated heterocycles. The highest BCUT2D eigenvalue weighted by atomic mass is 79.9. The van der Waals surface area contributed by atoms with Crippen molar-refractivity contribution in [2.45, 2.75) is 42.4 Å². The SMILES string of the molecule is COCO[C@H]1CC[C@H]2C[C@@](C)(C(=O)OC)C=C[C@@H]2[C@@H]1Sc1cc(OC)ccc1Br. The summed E-state index contributed by atoms with van der Waals surface area (Å²) in [5, 5.41) is 0.214. The molecule has 3 rings (SSSR count). The van der Waals surface area contributed by atoms with Crippen LogP contribution >= 0.6 is 27.7 Å². The van der Waals surface area contributed by atoms with Crippen molar-refractivity contribution in [2.24, 2.45) is 17.3 Å². The van der Waals surface area contributed by atoms with Crippen LogP contribution in [0.25, 0.3) is 0 Å². The van der Waals surface area contributed by atoms with Gasteiger partial charge < -0.3 is 18.9 Å². The second-order valence-corrected chi connectivity index (χ2v) is 9.95. The average Bonchev–Trinajstić information content (AvgIpc) is 2.73. The number of rotatable bonds is 7. The van der Waals surface area contributed by atoms with E-state index >= 15 is 0 Å². The van der Waals surface area contributed by atoms with Gasteiger partial charge in [-0.25, -0.2) is 0 Å². The van der Waals surface area contributed by atoms with Crippen molar-refractivity contribution >= 4 is 33.7 Å². The molecule has 0 spiro atoms. The zero-order chi connectivity index (χ0) is 21.0. The zero-order valence-corrected chi connectivity index (χ0v) is 19.8. The van der Waals surface area contributed by atoms with Gasteiger partial charge in [0.25, 0.3) is 0 Å². The Kier molecular flexibility index (Phi) is 7.70. The monoisotopic (exact) mass is 484 g/mol. The first-order chi connectivity index (χ1) is 13.9. The van der Waals surface area contributed by atoms with Gasteiger partial charge in [-0.2, -0.15) is 0 Å². The minimum Gasteiger partial charge on any atom is -0.497 e. The summed E-state index contributed by atoms with van der Waals surface area (Å²) in [4.78, 5) is 13.4. The van der Waals surface area contributed by atoms with Crippen molar-refractivity contribution in [1.29, 1.82) is 0 Å². The van der Waals surface area contributed by atoms with Gasteiger partial charge in [-0.1, -0.05) is 12.2 Å². The largest absolute Gasteiger partial charge is 0.497 e. The van der Waals surface area contributed by atoms with E-state index in [0.29, 0.717) is 11.8 Å². The third kappa shape index (κ3) is 5.01. The normalized spacial score (nSPS) is 31.2. The Bertz CT molecular complexity index is 755. The maximum absolute atomic E-state index is 12.3. The van der Waals surface area contributed by atoms with Crippen LogP contribution in [0.2, 0.25) is 0 Å². The minimum absolute atomic E-state index is 0.0754. The summed E-state index contributed by atoms with van der Waals surface area (Å²) in [6.07, 6.45) is 7.08. The molecule has 0 radical (unpaired) electrons. The first-order valence-electron chi connectivity index (χ1n) is 9.80. The number of fused-ring (bicyclic) bond motifs is 1. The fraction of sp³-hybridized carbons (Fsp3) is 0.591. The van der Waals surface area contributed by atoms with Crippen LogP contribution in [-0.4, -0.2) is 45.4 Å². The zero-order valence-electron chi connectivity index (χ0n) is 17.4. The Labute approximate surface area is 185 Å². The molecule has 2 aliphatic rings. The van der Waals surface area contributed by atoms with Gasteiger partial charge in [0.1, 0.15) is 12.5 Å². The quantitative estimate of drug-likeness (QED) is 0.305. The highest BCUT2D eigenvalue weighted by molar-refractivity contribution is 9.10. The fourth-order valence-corrected chi connectivity index (χ4v) is 6.43. The number of hydrogen-bond acceptors (Lipinski definition) is 6. The molecule has 29 heavy (non-hydrogen) atoms. The van der Waals surface area contributed by atoms with Gasteiger partial charge in [-0.05, 0) is 72.2 Å². The predicted molar refractivity (Wildman–Crippen MR) is 117 cm³/mol. The van der Waals surface area contributed by atoms with Crippen LogP contribution in [0.1, 0.15) is 26.2 Å². The number of ether oxygens (including phenoxy) is 4. The summed E-state index contributed by atoms with van der Waals surface area (Å²) in [5.41, 5.74) is -0.554. The second kappa shape index (κ2) is 9.86. The van der Waals surface area contributed by atoms with E-state index in [0.717, 1.165) is 34.4 Å². The van der Waals surface area contributed by atoms with Crippen LogP contribution in [0.3, 0.4) is 0 Å². The number of esters is 1. The molecule has 0 heterocycles. The minimum atomic E-state index is -0.554. The Balaban J connectivity index is 1.89. The van der Waals surface area contributed by atoms with E-state index in [9.17, 15) is 4.79 Å². The van der Waals surface area contributed by atoms with E-state index in [1.54, 1.807) is 26.0 Å². The molecule has 0 amide bonds. The Morgan fingerprint density at radius 2 is 2.07 bits per heavy atom. The van der Waals surface area contributed by atoms with Gasteiger partial charge in [0.05, 0.1) is 25.7 Å². The van der Waals surface area contributed by atoms with E-state index in [4.69, 9.17) is 18.9 Å². The van der Waals surface area contributed by atoms with Gasteiger partial charge >= 0.3 is 5.97 Å². The molecule has 0 bridgehead atoms. The summed E-state index contributed by atoms with van der Waals surface area (Å²) in [7, 11) is 4.78. The van der Waals surface area contributed by atoms with Crippen molar-refractivity contribution in [2.75, 3.05) is 28.1 Å². The van der Waals surface area contributed by atoms with E-state index in [1.165, 1.54) is 7.11 Å². The molecule has 0 aromatic heterocycles. The predicted octanol–water partition coefficient (Wildman–Crippen LogP) is 5.07. The first kappa shape index (κ1) is 22.7. The lowest BCUT2D eigenvalue weighted by molar-refractivity contribution is -0.151. The fourth-order valence-electron chi connectivity index (χ4n) is 4.41. The number of carbonyl (C=O) groups is 1. The lowest BCUT2D eigenvalue weighted by Crippen LogP contribution is -2.46. The summed E-state index contributed by atoms with van der Waals surface area (Å²) < 4.78 is 22.7. The smallest absolute Gasteiger partial charge is 0.315 e. The van der Waals surface area contributed by atoms with Crippen molar-refractivity contribution in [3.05, 3.63) is 34.8 Å². The Morgan fingerprint density at radius 3 is 2.76 bits per heavy atom. The van der Waals surface area contributed by atoms with Crippen LogP contribution in [0.4, 0.5) is 0 Å². The van der Waals surface area contributed by atoms with Gasteiger partial charge in [0.15, 0.2) is 0 Å². The van der Waals surface area contributed by atoms with Crippen LogP contribution in [-0.2, 0) is 19.0 Å². The number of benzene rings is 1. The molecule has 1 saturated carbocycles. The maximum Gasteiger partial charge on any atom is 0.315 e. The molecular formula is C22H29BrO5S. The number of methoxy groups -OCH3 is 3. The van der Waals surface area contributed by atoms with Crippen molar-refractivity contribution in [3.63, 3.8) is 0 Å². The van der Waals surface area contributed by atoms with Crippen LogP contribution < -0.4 is 4.74 Å². The second-order valence-electron chi connectivity index (χ2n) is 7.88. The molecule has 0 unspecified atom stereocenters. The number of allylic oxidation sites excluding steroid dienone is 1. The van der Waals surface area contributed by atoms with E-state index in [-0.39, 0.29) is 24.1 Å².